The van der Waals surface area contributed by atoms with Crippen molar-refractivity contribution in [3.05, 3.63) is 0 Å². The molecule has 80 valence electrons. The third kappa shape index (κ3) is 1.77. The Labute approximate surface area is 84.8 Å². The Morgan fingerprint density at radius 2 is 2.21 bits per heavy atom. The fourth-order valence-corrected chi connectivity index (χ4v) is 2.42. The molecule has 2 saturated heterocycles. The SMILES string of the molecule is CC1CCC(N2CCC2C(N)=O)CN1. The van der Waals surface area contributed by atoms with Crippen molar-refractivity contribution in [2.75, 3.05) is 13.1 Å². The molecule has 2 fully saturated rings. The molecule has 3 atom stereocenters. The Morgan fingerprint density at radius 1 is 1.43 bits per heavy atom. The van der Waals surface area contributed by atoms with Gasteiger partial charge in [0.1, 0.15) is 0 Å². The molecule has 2 heterocycles. The Hall–Kier alpha value is -0.610. The smallest absolute Gasteiger partial charge is 0.234 e. The maximum absolute atomic E-state index is 11.1. The van der Waals surface area contributed by atoms with Gasteiger partial charge in [-0.25, -0.2) is 0 Å². The maximum Gasteiger partial charge on any atom is 0.234 e. The van der Waals surface area contributed by atoms with Gasteiger partial charge >= 0.3 is 0 Å². The molecule has 3 N–H and O–H groups in total. The minimum absolute atomic E-state index is 0.00945. The van der Waals surface area contributed by atoms with Crippen LogP contribution < -0.4 is 11.1 Å². The van der Waals surface area contributed by atoms with Crippen LogP contribution in [0.5, 0.6) is 0 Å². The zero-order valence-corrected chi connectivity index (χ0v) is 8.70. The fraction of sp³-hybridized carbons (Fsp3) is 0.900. The summed E-state index contributed by atoms with van der Waals surface area (Å²) in [5.74, 6) is -0.158. The van der Waals surface area contributed by atoms with Gasteiger partial charge in [-0.05, 0) is 26.2 Å². The number of nitrogens with one attached hydrogen (secondary N) is 1. The largest absolute Gasteiger partial charge is 0.368 e. The van der Waals surface area contributed by atoms with Crippen molar-refractivity contribution in [3.8, 4) is 0 Å². The molecule has 4 nitrogen and oxygen atoms in total. The van der Waals surface area contributed by atoms with Gasteiger partial charge in [0.2, 0.25) is 5.91 Å². The van der Waals surface area contributed by atoms with Gasteiger partial charge in [0.15, 0.2) is 0 Å². The van der Waals surface area contributed by atoms with Gasteiger partial charge in [-0.3, -0.25) is 9.69 Å². The molecule has 2 aliphatic rings. The number of nitrogens with zero attached hydrogens (tertiary/aromatic N) is 1. The van der Waals surface area contributed by atoms with Crippen molar-refractivity contribution in [2.45, 2.75) is 44.3 Å². The van der Waals surface area contributed by atoms with E-state index in [2.05, 4.69) is 17.1 Å². The summed E-state index contributed by atoms with van der Waals surface area (Å²) in [6, 6.07) is 1.16. The first kappa shape index (κ1) is 9.93. The van der Waals surface area contributed by atoms with E-state index in [4.69, 9.17) is 5.73 Å². The first-order chi connectivity index (χ1) is 6.68. The molecule has 14 heavy (non-hydrogen) atoms. The summed E-state index contributed by atoms with van der Waals surface area (Å²) in [5.41, 5.74) is 5.32. The number of hydrogen-bond acceptors (Lipinski definition) is 3. The summed E-state index contributed by atoms with van der Waals surface area (Å²) in [5, 5.41) is 3.45. The highest BCUT2D eigenvalue weighted by molar-refractivity contribution is 5.80. The van der Waals surface area contributed by atoms with E-state index >= 15 is 0 Å². The van der Waals surface area contributed by atoms with Crippen molar-refractivity contribution in [1.29, 1.82) is 0 Å². The van der Waals surface area contributed by atoms with Crippen LogP contribution in [0.1, 0.15) is 26.2 Å². The number of carbonyl (C=O) groups excluding carboxylic acids is 1. The molecular formula is C10H19N3O. The summed E-state index contributed by atoms with van der Waals surface area (Å²) in [6.07, 6.45) is 3.34. The molecule has 0 aromatic carbocycles. The monoisotopic (exact) mass is 197 g/mol. The maximum atomic E-state index is 11.1. The van der Waals surface area contributed by atoms with E-state index in [0.29, 0.717) is 12.1 Å². The number of primary amides is 1. The van der Waals surface area contributed by atoms with Crippen molar-refractivity contribution in [2.24, 2.45) is 5.73 Å². The van der Waals surface area contributed by atoms with Gasteiger partial charge in [-0.15, -0.1) is 0 Å². The zero-order valence-electron chi connectivity index (χ0n) is 8.70. The molecule has 4 heteroatoms. The van der Waals surface area contributed by atoms with Gasteiger partial charge in [-0.2, -0.15) is 0 Å². The van der Waals surface area contributed by atoms with E-state index in [1.54, 1.807) is 0 Å². The number of nitrogens with two attached hydrogens (primary N) is 1. The number of rotatable bonds is 2. The standard InChI is InChI=1S/C10H19N3O/c1-7-2-3-8(6-12-7)13-5-4-9(13)10(11)14/h7-9,12H,2-6H2,1H3,(H2,11,14). The van der Waals surface area contributed by atoms with Crippen molar-refractivity contribution in [1.82, 2.24) is 10.2 Å². The minimum atomic E-state index is -0.158. The third-order valence-corrected chi connectivity index (χ3v) is 3.49. The number of amides is 1. The quantitative estimate of drug-likeness (QED) is 0.638. The van der Waals surface area contributed by atoms with Crippen LogP contribution in [0.25, 0.3) is 0 Å². The van der Waals surface area contributed by atoms with Crippen LogP contribution in [0, 0.1) is 0 Å². The molecule has 0 aromatic heterocycles. The van der Waals surface area contributed by atoms with E-state index in [0.717, 1.165) is 19.5 Å². The topological polar surface area (TPSA) is 58.4 Å². The summed E-state index contributed by atoms with van der Waals surface area (Å²) in [6.45, 7) is 4.25. The number of hydrogen-bond donors (Lipinski definition) is 2. The summed E-state index contributed by atoms with van der Waals surface area (Å²) in [4.78, 5) is 13.3. The lowest BCUT2D eigenvalue weighted by molar-refractivity contribution is -0.129. The number of likely N-dealkylation sites (tertiary alicyclic amines) is 1. The molecule has 2 rings (SSSR count). The Kier molecular flexibility index (Phi) is 2.74. The molecule has 0 bridgehead atoms. The molecule has 0 saturated carbocycles. The number of piperidine rings is 1. The van der Waals surface area contributed by atoms with Gasteiger partial charge in [0, 0.05) is 25.2 Å². The van der Waals surface area contributed by atoms with E-state index in [9.17, 15) is 4.79 Å². The van der Waals surface area contributed by atoms with E-state index < -0.39 is 0 Å². The Balaban J connectivity index is 1.87. The average molecular weight is 197 g/mol. The molecule has 0 aromatic rings. The second-order valence-corrected chi connectivity index (χ2v) is 4.49. The van der Waals surface area contributed by atoms with Crippen molar-refractivity contribution in [3.63, 3.8) is 0 Å². The predicted molar refractivity (Wildman–Crippen MR) is 54.8 cm³/mol. The molecular weight excluding hydrogens is 178 g/mol. The van der Waals surface area contributed by atoms with Crippen LogP contribution in [0.4, 0.5) is 0 Å². The Bertz CT molecular complexity index is 223. The number of carbonyl (C=O) groups is 1. The van der Waals surface area contributed by atoms with Crippen LogP contribution >= 0.6 is 0 Å². The molecule has 2 aliphatic heterocycles. The lowest BCUT2D eigenvalue weighted by atomic mass is 9.93. The predicted octanol–water partition coefficient (Wildman–Crippen LogP) is -0.313. The second-order valence-electron chi connectivity index (χ2n) is 4.49. The van der Waals surface area contributed by atoms with Gasteiger partial charge in [-0.1, -0.05) is 0 Å². The van der Waals surface area contributed by atoms with E-state index in [1.807, 2.05) is 0 Å². The average Bonchev–Trinajstić information content (AvgIpc) is 2.05. The lowest BCUT2D eigenvalue weighted by Crippen LogP contribution is -2.62. The van der Waals surface area contributed by atoms with Crippen LogP contribution in [-0.2, 0) is 4.79 Å². The summed E-state index contributed by atoms with van der Waals surface area (Å²) in [7, 11) is 0. The van der Waals surface area contributed by atoms with E-state index in [1.165, 1.54) is 12.8 Å². The van der Waals surface area contributed by atoms with Gasteiger partial charge in [0.05, 0.1) is 6.04 Å². The molecule has 0 spiro atoms. The zero-order chi connectivity index (χ0) is 10.1. The minimum Gasteiger partial charge on any atom is -0.368 e. The molecule has 1 amide bonds. The van der Waals surface area contributed by atoms with Crippen LogP contribution in [-0.4, -0.2) is 42.0 Å². The first-order valence-corrected chi connectivity index (χ1v) is 5.47. The van der Waals surface area contributed by atoms with Gasteiger partial charge in [0.25, 0.3) is 0 Å². The molecule has 0 aliphatic carbocycles. The highest BCUT2D eigenvalue weighted by Gasteiger charge is 2.38. The van der Waals surface area contributed by atoms with Crippen molar-refractivity contribution < 1.29 is 4.79 Å². The highest BCUT2D eigenvalue weighted by Crippen LogP contribution is 2.24. The normalized spacial score (nSPS) is 39.1. The van der Waals surface area contributed by atoms with Crippen LogP contribution in [0.15, 0.2) is 0 Å². The highest BCUT2D eigenvalue weighted by atomic mass is 16.1. The Morgan fingerprint density at radius 3 is 2.64 bits per heavy atom. The van der Waals surface area contributed by atoms with Crippen LogP contribution in [0.2, 0.25) is 0 Å². The lowest BCUT2D eigenvalue weighted by Gasteiger charge is -2.46. The first-order valence-electron chi connectivity index (χ1n) is 5.47. The summed E-state index contributed by atoms with van der Waals surface area (Å²) < 4.78 is 0. The molecule has 3 unspecified atom stereocenters. The van der Waals surface area contributed by atoms with Crippen LogP contribution in [0.3, 0.4) is 0 Å². The van der Waals surface area contributed by atoms with E-state index in [-0.39, 0.29) is 11.9 Å². The molecule has 0 radical (unpaired) electrons. The fourth-order valence-electron chi connectivity index (χ4n) is 2.42. The van der Waals surface area contributed by atoms with Crippen molar-refractivity contribution >= 4 is 5.91 Å². The summed E-state index contributed by atoms with van der Waals surface area (Å²) >= 11 is 0. The second kappa shape index (κ2) is 3.87. The third-order valence-electron chi connectivity index (χ3n) is 3.49. The van der Waals surface area contributed by atoms with Gasteiger partial charge < -0.3 is 11.1 Å².